The smallest absolute Gasteiger partial charge is 0.268 e. The molecule has 0 bridgehead atoms. The molecule has 1 aliphatic rings. The van der Waals surface area contributed by atoms with Crippen LogP contribution in [0, 0.1) is 17.1 Å². The van der Waals surface area contributed by atoms with Crippen LogP contribution in [0.3, 0.4) is 0 Å². The molecule has 0 aromatic heterocycles. The topological polar surface area (TPSA) is 108 Å². The summed E-state index contributed by atoms with van der Waals surface area (Å²) in [6, 6.07) is 7.99. The molecule has 30 heavy (non-hydrogen) atoms. The fourth-order valence-corrected chi connectivity index (χ4v) is 3.65. The first-order valence-electron chi connectivity index (χ1n) is 8.42. The Kier molecular flexibility index (Phi) is 6.12. The zero-order valence-corrected chi connectivity index (χ0v) is 16.6. The Morgan fingerprint density at radius 2 is 2.00 bits per heavy atom. The van der Waals surface area contributed by atoms with Crippen molar-refractivity contribution in [1.82, 2.24) is 10.2 Å². The quantitative estimate of drug-likeness (QED) is 0.597. The Balaban J connectivity index is 2.12. The second-order valence-electron chi connectivity index (χ2n) is 6.39. The van der Waals surface area contributed by atoms with Crippen LogP contribution in [-0.4, -0.2) is 17.1 Å². The van der Waals surface area contributed by atoms with E-state index in [-0.39, 0.29) is 39.1 Å². The third-order valence-electron chi connectivity index (χ3n) is 4.48. The summed E-state index contributed by atoms with van der Waals surface area (Å²) in [6.07, 6.45) is -3.96. The molecule has 0 spiro atoms. The molecule has 0 fully saturated rings. The van der Waals surface area contributed by atoms with E-state index in [1.807, 2.05) is 6.07 Å². The third-order valence-corrected chi connectivity index (χ3v) is 5.10. The lowest BCUT2D eigenvalue weighted by Gasteiger charge is -2.24. The molecule has 5 N–H and O–H groups in total. The number of benzene rings is 2. The molecule has 0 saturated carbocycles. The maximum atomic E-state index is 15.4. The number of rotatable bonds is 5. The number of hydrogen-bond donors (Lipinski definition) is 3. The van der Waals surface area contributed by atoms with Gasteiger partial charge in [-0.25, -0.2) is 13.2 Å². The average molecular weight is 456 g/mol. The summed E-state index contributed by atoms with van der Waals surface area (Å²) >= 11 is 12.1. The van der Waals surface area contributed by atoms with Gasteiger partial charge in [-0.2, -0.15) is 5.26 Å². The van der Waals surface area contributed by atoms with Crippen molar-refractivity contribution >= 4 is 29.1 Å². The molecule has 1 atom stereocenters. The number of alkyl halides is 2. The van der Waals surface area contributed by atoms with Crippen LogP contribution in [-0.2, 0) is 11.3 Å². The number of halogens is 5. The van der Waals surface area contributed by atoms with Crippen LogP contribution >= 0.6 is 23.2 Å². The summed E-state index contributed by atoms with van der Waals surface area (Å²) in [6.45, 7) is -0.238. The van der Waals surface area contributed by atoms with Gasteiger partial charge in [0.2, 0.25) is 0 Å². The zero-order valence-electron chi connectivity index (χ0n) is 15.1. The third kappa shape index (κ3) is 4.03. The van der Waals surface area contributed by atoms with Crippen molar-refractivity contribution in [3.05, 3.63) is 68.7 Å². The van der Waals surface area contributed by atoms with Crippen LogP contribution in [0.4, 0.5) is 13.2 Å². The van der Waals surface area contributed by atoms with E-state index >= 15 is 4.39 Å². The van der Waals surface area contributed by atoms with E-state index in [1.165, 1.54) is 29.2 Å². The first-order valence-corrected chi connectivity index (χ1v) is 9.18. The number of carbonyl (C=O) groups is 1. The van der Waals surface area contributed by atoms with Crippen LogP contribution in [0.5, 0.6) is 0 Å². The second kappa shape index (κ2) is 8.44. The highest BCUT2D eigenvalue weighted by Gasteiger charge is 2.32. The number of nitriles is 1. The molecule has 0 radical (unpaired) electrons. The second-order valence-corrected chi connectivity index (χ2v) is 7.19. The average Bonchev–Trinajstić information content (AvgIpc) is 2.96. The van der Waals surface area contributed by atoms with Crippen molar-refractivity contribution in [3.8, 4) is 17.2 Å². The molecule has 6 nitrogen and oxygen atoms in total. The largest absolute Gasteiger partial charge is 0.364 e. The first kappa shape index (κ1) is 21.8. The Morgan fingerprint density at radius 1 is 1.30 bits per heavy atom. The molecule has 11 heteroatoms. The molecule has 2 aromatic rings. The van der Waals surface area contributed by atoms with E-state index in [1.54, 1.807) is 0 Å². The lowest BCUT2D eigenvalue weighted by Crippen LogP contribution is -2.45. The Bertz CT molecular complexity index is 1100. The predicted molar refractivity (Wildman–Crippen MR) is 105 cm³/mol. The van der Waals surface area contributed by atoms with E-state index in [2.05, 4.69) is 5.32 Å². The van der Waals surface area contributed by atoms with E-state index in [9.17, 15) is 13.6 Å². The Hall–Kier alpha value is -2.93. The summed E-state index contributed by atoms with van der Waals surface area (Å²) in [4.78, 5) is 12.7. The molecule has 1 aliphatic heterocycles. The normalized spacial score (nSPS) is 16.1. The highest BCUT2D eigenvalue weighted by Crippen LogP contribution is 2.37. The van der Waals surface area contributed by atoms with Gasteiger partial charge in [-0.15, -0.1) is 0 Å². The minimum absolute atomic E-state index is 0.0194. The summed E-state index contributed by atoms with van der Waals surface area (Å²) in [7, 11) is 0. The number of nitrogens with two attached hydrogens (primary N) is 2. The molecular weight excluding hydrogens is 442 g/mol. The number of primary amides is 1. The lowest BCUT2D eigenvalue weighted by molar-refractivity contribution is -0.114. The summed E-state index contributed by atoms with van der Waals surface area (Å²) in [5.74, 6) is -1.81. The number of nitrogens with one attached hydrogen (secondary N) is 1. The first-order chi connectivity index (χ1) is 14.1. The highest BCUT2D eigenvalue weighted by molar-refractivity contribution is 6.31. The van der Waals surface area contributed by atoms with Crippen molar-refractivity contribution in [2.24, 2.45) is 11.5 Å². The maximum absolute atomic E-state index is 15.4. The molecule has 1 unspecified atom stereocenters. The summed E-state index contributed by atoms with van der Waals surface area (Å²) in [5.41, 5.74) is 10.1. The summed E-state index contributed by atoms with van der Waals surface area (Å²) in [5, 5.41) is 11.7. The van der Waals surface area contributed by atoms with Gasteiger partial charge in [-0.05, 0) is 23.8 Å². The van der Waals surface area contributed by atoms with Crippen LogP contribution in [0.1, 0.15) is 23.1 Å². The van der Waals surface area contributed by atoms with Gasteiger partial charge in [0.1, 0.15) is 16.7 Å². The van der Waals surface area contributed by atoms with Gasteiger partial charge in [-0.1, -0.05) is 35.3 Å². The van der Waals surface area contributed by atoms with Gasteiger partial charge in [-0.3, -0.25) is 10.5 Å². The standard InChI is InChI=1S/C19H14Cl2F3N5O/c20-11-4-8(6-25)3-10(5-11)13-12(17(23)24)2-1-9(14(13)22)7-29-16(21)15(18(26)30)28-19(29)27/h1-5,17,19,28H,7,27H2,(H2,26,30). The van der Waals surface area contributed by atoms with Crippen molar-refractivity contribution in [2.45, 2.75) is 19.3 Å². The number of hydrogen-bond acceptors (Lipinski definition) is 5. The molecule has 1 heterocycles. The molecule has 0 aliphatic carbocycles. The van der Waals surface area contributed by atoms with Crippen LogP contribution in [0.15, 0.2) is 41.2 Å². The van der Waals surface area contributed by atoms with Crippen LogP contribution in [0.25, 0.3) is 11.1 Å². The fraction of sp³-hybridized carbons (Fsp3) is 0.158. The van der Waals surface area contributed by atoms with Crippen molar-refractivity contribution < 1.29 is 18.0 Å². The van der Waals surface area contributed by atoms with Crippen molar-refractivity contribution in [3.63, 3.8) is 0 Å². The summed E-state index contributed by atoms with van der Waals surface area (Å²) < 4.78 is 42.6. The number of amides is 1. The molecule has 2 aromatic carbocycles. The van der Waals surface area contributed by atoms with Gasteiger partial charge in [0.05, 0.1) is 18.2 Å². The highest BCUT2D eigenvalue weighted by atomic mass is 35.5. The molecular formula is C19H14Cl2F3N5O. The van der Waals surface area contributed by atoms with Gasteiger partial charge >= 0.3 is 0 Å². The predicted octanol–water partition coefficient (Wildman–Crippen LogP) is 3.50. The van der Waals surface area contributed by atoms with E-state index in [4.69, 9.17) is 39.9 Å². The SMILES string of the molecule is N#Cc1cc(Cl)cc(-c2c(C(F)F)ccc(CN3C(Cl)=C(C(N)=O)NC3N)c2F)c1. The molecule has 0 saturated heterocycles. The van der Waals surface area contributed by atoms with Gasteiger partial charge in [0.15, 0.2) is 6.29 Å². The minimum Gasteiger partial charge on any atom is -0.364 e. The zero-order chi connectivity index (χ0) is 22.2. The maximum Gasteiger partial charge on any atom is 0.268 e. The Labute approximate surface area is 179 Å². The molecule has 156 valence electrons. The van der Waals surface area contributed by atoms with Gasteiger partial charge < -0.3 is 16.0 Å². The van der Waals surface area contributed by atoms with Crippen molar-refractivity contribution in [1.29, 1.82) is 5.26 Å². The number of carbonyl (C=O) groups excluding carboxylic acids is 1. The van der Waals surface area contributed by atoms with E-state index in [0.717, 1.165) is 6.07 Å². The fourth-order valence-electron chi connectivity index (χ4n) is 3.11. The van der Waals surface area contributed by atoms with E-state index < -0.39 is 35.6 Å². The van der Waals surface area contributed by atoms with E-state index in [0.29, 0.717) is 0 Å². The monoisotopic (exact) mass is 455 g/mol. The molecule has 1 amide bonds. The minimum atomic E-state index is -2.98. The molecule has 3 rings (SSSR count). The van der Waals surface area contributed by atoms with Gasteiger partial charge in [0.25, 0.3) is 12.3 Å². The van der Waals surface area contributed by atoms with Gasteiger partial charge in [0, 0.05) is 21.7 Å². The van der Waals surface area contributed by atoms with Crippen molar-refractivity contribution in [2.75, 3.05) is 0 Å². The lowest BCUT2D eigenvalue weighted by atomic mass is 9.95. The number of nitrogens with zero attached hydrogens (tertiary/aromatic N) is 2. The van der Waals surface area contributed by atoms with Crippen LogP contribution < -0.4 is 16.8 Å². The Morgan fingerprint density at radius 3 is 2.57 bits per heavy atom. The van der Waals surface area contributed by atoms with Crippen LogP contribution in [0.2, 0.25) is 5.02 Å².